The van der Waals surface area contributed by atoms with Crippen molar-refractivity contribution in [1.29, 1.82) is 0 Å². The normalized spacial score (nSPS) is 12.6. The third-order valence-electron chi connectivity index (χ3n) is 0.731. The van der Waals surface area contributed by atoms with E-state index in [2.05, 4.69) is 0 Å². The van der Waals surface area contributed by atoms with Crippen LogP contribution in [0, 0.1) is 5.82 Å². The minimum absolute atomic E-state index is 0.247. The zero-order valence-electron chi connectivity index (χ0n) is 6.11. The van der Waals surface area contributed by atoms with Crippen molar-refractivity contribution in [3.63, 3.8) is 0 Å². The fourth-order valence-corrected chi connectivity index (χ4v) is 0.377. The van der Waals surface area contributed by atoms with Gasteiger partial charge in [-0.3, -0.25) is 0 Å². The molecule has 1 aromatic carbocycles. The highest BCUT2D eigenvalue weighted by Gasteiger charge is 1.83. The molecule has 0 aliphatic rings. The first kappa shape index (κ1) is 3.07. The highest BCUT2D eigenvalue weighted by molar-refractivity contribution is 5.36. The average molecular weight is 113 g/mol. The first-order chi connectivity index (χ1) is 4.61. The van der Waals surface area contributed by atoms with E-state index in [1.807, 2.05) is 0 Å². The van der Waals surface area contributed by atoms with Gasteiger partial charge in [0.2, 0.25) is 0 Å². The lowest BCUT2D eigenvalue weighted by Gasteiger charge is -1.87. The van der Waals surface area contributed by atoms with Gasteiger partial charge in [-0.25, -0.2) is 4.39 Å². The van der Waals surface area contributed by atoms with Gasteiger partial charge in [0.05, 0.1) is 2.74 Å². The SMILES string of the molecule is [2H]c1cc(N)cc([2H])c1F. The molecule has 1 aromatic rings. The second-order valence-corrected chi connectivity index (χ2v) is 1.39. The molecule has 8 heavy (non-hydrogen) atoms. The number of anilines is 1. The molecular weight excluding hydrogens is 105 g/mol. The Morgan fingerprint density at radius 2 is 2.00 bits per heavy atom. The fourth-order valence-electron chi connectivity index (χ4n) is 0.377. The van der Waals surface area contributed by atoms with Gasteiger partial charge in [0.15, 0.2) is 0 Å². The predicted octanol–water partition coefficient (Wildman–Crippen LogP) is 1.41. The van der Waals surface area contributed by atoms with Gasteiger partial charge in [-0.15, -0.1) is 0 Å². The Hall–Kier alpha value is -1.05. The molecule has 0 aromatic heterocycles. The van der Waals surface area contributed by atoms with Crippen LogP contribution in [0.15, 0.2) is 24.2 Å². The van der Waals surface area contributed by atoms with E-state index in [-0.39, 0.29) is 17.8 Å². The zero-order chi connectivity index (χ0) is 7.72. The molecule has 1 rings (SSSR count). The molecule has 0 unspecified atom stereocenters. The molecule has 0 atom stereocenters. The van der Waals surface area contributed by atoms with Crippen LogP contribution in [0.2, 0.25) is 0 Å². The van der Waals surface area contributed by atoms with Crippen LogP contribution in [-0.2, 0) is 0 Å². The Labute approximate surface area is 49.7 Å². The van der Waals surface area contributed by atoms with Crippen molar-refractivity contribution in [3.8, 4) is 0 Å². The van der Waals surface area contributed by atoms with Gasteiger partial charge in [0, 0.05) is 5.69 Å². The third kappa shape index (κ3) is 0.964. The summed E-state index contributed by atoms with van der Waals surface area (Å²) >= 11 is 0. The van der Waals surface area contributed by atoms with Gasteiger partial charge in [-0.2, -0.15) is 0 Å². The summed E-state index contributed by atoms with van der Waals surface area (Å²) in [5.74, 6) is -0.825. The van der Waals surface area contributed by atoms with Crippen LogP contribution in [-0.4, -0.2) is 0 Å². The van der Waals surface area contributed by atoms with E-state index in [1.165, 1.54) is 12.1 Å². The maximum atomic E-state index is 12.5. The van der Waals surface area contributed by atoms with Crippen molar-refractivity contribution >= 4 is 5.69 Å². The number of nitrogens with two attached hydrogens (primary N) is 1. The number of nitrogen functional groups attached to an aromatic ring is 1. The van der Waals surface area contributed by atoms with Gasteiger partial charge in [-0.1, -0.05) is 0 Å². The second kappa shape index (κ2) is 1.82. The molecule has 0 heterocycles. The standard InChI is InChI=1S/C6H6FN/c7-5-1-3-6(8)4-2-5/h1-4H,8H2/i1D,2D. The number of hydrogen-bond acceptors (Lipinski definition) is 1. The molecule has 2 N–H and O–H groups in total. The maximum absolute atomic E-state index is 12.5. The molecule has 0 fully saturated rings. The van der Waals surface area contributed by atoms with Gasteiger partial charge in [-0.05, 0) is 24.2 Å². The number of benzene rings is 1. The van der Waals surface area contributed by atoms with E-state index >= 15 is 0 Å². The third-order valence-corrected chi connectivity index (χ3v) is 0.731. The smallest absolute Gasteiger partial charge is 0.123 e. The topological polar surface area (TPSA) is 26.0 Å². The first-order valence-electron chi connectivity index (χ1n) is 3.13. The predicted molar refractivity (Wildman–Crippen MR) is 30.8 cm³/mol. The second-order valence-electron chi connectivity index (χ2n) is 1.39. The minimum atomic E-state index is -0.825. The lowest BCUT2D eigenvalue weighted by atomic mass is 10.3. The lowest BCUT2D eigenvalue weighted by molar-refractivity contribution is 0.628. The summed E-state index contributed by atoms with van der Waals surface area (Å²) in [5.41, 5.74) is 5.47. The van der Waals surface area contributed by atoms with Crippen LogP contribution in [0.4, 0.5) is 10.1 Å². The monoisotopic (exact) mass is 113 g/mol. The molecule has 0 bridgehead atoms. The Morgan fingerprint density at radius 1 is 1.50 bits per heavy atom. The van der Waals surface area contributed by atoms with E-state index in [4.69, 9.17) is 8.48 Å². The van der Waals surface area contributed by atoms with Crippen LogP contribution >= 0.6 is 0 Å². The average Bonchev–Trinajstić information content (AvgIpc) is 1.82. The molecular formula is C6H6FN. The highest BCUT2D eigenvalue weighted by atomic mass is 19.1. The van der Waals surface area contributed by atoms with Crippen LogP contribution in [0.25, 0.3) is 0 Å². The lowest BCUT2D eigenvalue weighted by Crippen LogP contribution is -1.82. The molecule has 42 valence electrons. The number of halogens is 1. The Kier molecular flexibility index (Phi) is 0.699. The number of rotatable bonds is 0. The minimum Gasteiger partial charge on any atom is -0.399 e. The Balaban J connectivity index is 3.31. The molecule has 0 aliphatic heterocycles. The van der Waals surface area contributed by atoms with Gasteiger partial charge in [0.25, 0.3) is 0 Å². The van der Waals surface area contributed by atoms with Gasteiger partial charge < -0.3 is 5.73 Å². The molecule has 0 spiro atoms. The fraction of sp³-hybridized carbons (Fsp3) is 0. The Bertz CT molecular complexity index is 239. The van der Waals surface area contributed by atoms with Crippen molar-refractivity contribution in [3.05, 3.63) is 30.0 Å². The summed E-state index contributed by atoms with van der Waals surface area (Å²) in [5, 5.41) is 0. The summed E-state index contributed by atoms with van der Waals surface area (Å²) in [6.07, 6.45) is 0. The van der Waals surface area contributed by atoms with Crippen molar-refractivity contribution < 1.29 is 7.13 Å². The summed E-state index contributed by atoms with van der Waals surface area (Å²) in [7, 11) is 0. The molecule has 0 aliphatic carbocycles. The quantitative estimate of drug-likeness (QED) is 0.506. The molecule has 0 saturated heterocycles. The summed E-state index contributed by atoms with van der Waals surface area (Å²) in [4.78, 5) is 0. The van der Waals surface area contributed by atoms with Crippen molar-refractivity contribution in [2.24, 2.45) is 0 Å². The van der Waals surface area contributed by atoms with E-state index in [1.54, 1.807) is 0 Å². The van der Waals surface area contributed by atoms with E-state index < -0.39 is 5.82 Å². The van der Waals surface area contributed by atoms with E-state index in [9.17, 15) is 4.39 Å². The maximum Gasteiger partial charge on any atom is 0.123 e. The molecule has 0 radical (unpaired) electrons. The number of hydrogen-bond donors (Lipinski definition) is 1. The van der Waals surface area contributed by atoms with E-state index in [0.29, 0.717) is 0 Å². The molecule has 2 heteroatoms. The molecule has 0 saturated carbocycles. The summed E-state index contributed by atoms with van der Waals surface area (Å²) in [6.45, 7) is 0. The Morgan fingerprint density at radius 3 is 2.50 bits per heavy atom. The largest absolute Gasteiger partial charge is 0.399 e. The van der Waals surface area contributed by atoms with Crippen molar-refractivity contribution in [1.82, 2.24) is 0 Å². The van der Waals surface area contributed by atoms with Gasteiger partial charge >= 0.3 is 0 Å². The van der Waals surface area contributed by atoms with Crippen LogP contribution in [0.1, 0.15) is 2.74 Å². The van der Waals surface area contributed by atoms with Crippen LogP contribution in [0.3, 0.4) is 0 Å². The first-order valence-corrected chi connectivity index (χ1v) is 2.13. The van der Waals surface area contributed by atoms with Crippen LogP contribution < -0.4 is 5.73 Å². The molecule has 0 amide bonds. The van der Waals surface area contributed by atoms with E-state index in [0.717, 1.165) is 0 Å². The molecule has 1 nitrogen and oxygen atoms in total. The van der Waals surface area contributed by atoms with Gasteiger partial charge in [0.1, 0.15) is 5.82 Å². The zero-order valence-corrected chi connectivity index (χ0v) is 4.11. The van der Waals surface area contributed by atoms with Crippen molar-refractivity contribution in [2.45, 2.75) is 0 Å². The van der Waals surface area contributed by atoms with Crippen molar-refractivity contribution in [2.75, 3.05) is 5.73 Å². The van der Waals surface area contributed by atoms with Crippen LogP contribution in [0.5, 0.6) is 0 Å². The summed E-state index contributed by atoms with van der Waals surface area (Å²) in [6, 6.07) is 1.69. The highest BCUT2D eigenvalue weighted by Crippen LogP contribution is 2.01. The summed E-state index contributed by atoms with van der Waals surface area (Å²) < 4.78 is 26.3.